The summed E-state index contributed by atoms with van der Waals surface area (Å²) in [6.07, 6.45) is 3.94. The number of imidazole rings is 1. The summed E-state index contributed by atoms with van der Waals surface area (Å²) < 4.78 is 24.2. The van der Waals surface area contributed by atoms with Crippen LogP contribution in [0.5, 0.6) is 17.2 Å². The summed E-state index contributed by atoms with van der Waals surface area (Å²) >= 11 is 1.64. The number of benzene rings is 1. The number of hydrogen-bond acceptors (Lipinski definition) is 11. The third kappa shape index (κ3) is 5.07. The van der Waals surface area contributed by atoms with Crippen LogP contribution < -0.4 is 24.4 Å². The Morgan fingerprint density at radius 1 is 0.974 bits per heavy atom. The number of ether oxygens (including phenoxy) is 4. The summed E-state index contributed by atoms with van der Waals surface area (Å²) in [5.74, 6) is 2.95. The number of morpholine rings is 1. The van der Waals surface area contributed by atoms with E-state index in [1.165, 1.54) is 0 Å². The number of hydrogen-bond donors (Lipinski definition) is 1. The summed E-state index contributed by atoms with van der Waals surface area (Å²) in [6.45, 7) is 5.45. The van der Waals surface area contributed by atoms with Crippen molar-refractivity contribution in [1.82, 2.24) is 24.4 Å². The van der Waals surface area contributed by atoms with Gasteiger partial charge in [-0.3, -0.25) is 9.47 Å². The normalized spacial score (nSPS) is 16.9. The lowest BCUT2D eigenvalue weighted by atomic mass is 10.0. The molecule has 5 heterocycles. The van der Waals surface area contributed by atoms with Crippen LogP contribution in [0.4, 0.5) is 17.5 Å². The van der Waals surface area contributed by atoms with Gasteiger partial charge >= 0.3 is 0 Å². The molecule has 11 nitrogen and oxygen atoms in total. The first-order valence-corrected chi connectivity index (χ1v) is 14.0. The smallest absolute Gasteiger partial charge is 0.229 e. The zero-order chi connectivity index (χ0) is 26.8. The van der Waals surface area contributed by atoms with E-state index in [4.69, 9.17) is 33.9 Å². The zero-order valence-electron chi connectivity index (χ0n) is 22.4. The number of aromatic nitrogens is 4. The molecule has 0 unspecified atom stereocenters. The van der Waals surface area contributed by atoms with E-state index in [-0.39, 0.29) is 0 Å². The molecule has 1 N–H and O–H groups in total. The lowest BCUT2D eigenvalue weighted by Gasteiger charge is -2.40. The van der Waals surface area contributed by atoms with Crippen molar-refractivity contribution in [2.75, 3.05) is 70.9 Å². The molecule has 0 aliphatic carbocycles. The Balaban J connectivity index is 1.35. The van der Waals surface area contributed by atoms with Gasteiger partial charge in [0, 0.05) is 55.4 Å². The summed E-state index contributed by atoms with van der Waals surface area (Å²) in [5, 5.41) is 7.59. The Bertz CT molecular complexity index is 1390. The van der Waals surface area contributed by atoms with E-state index < -0.39 is 0 Å². The molecule has 0 atom stereocenters. The van der Waals surface area contributed by atoms with Crippen LogP contribution in [-0.4, -0.2) is 91.2 Å². The van der Waals surface area contributed by atoms with E-state index in [9.17, 15) is 0 Å². The highest BCUT2D eigenvalue weighted by Gasteiger charge is 2.28. The first-order chi connectivity index (χ1) is 19.2. The van der Waals surface area contributed by atoms with Gasteiger partial charge in [0.15, 0.2) is 28.5 Å². The fourth-order valence-corrected chi connectivity index (χ4v) is 5.99. The molecule has 2 saturated heterocycles. The van der Waals surface area contributed by atoms with Crippen molar-refractivity contribution in [3.05, 3.63) is 35.3 Å². The van der Waals surface area contributed by atoms with Gasteiger partial charge in [-0.1, -0.05) is 0 Å². The molecule has 12 heteroatoms. The van der Waals surface area contributed by atoms with Crippen molar-refractivity contribution in [1.29, 1.82) is 0 Å². The molecule has 2 fully saturated rings. The first kappa shape index (κ1) is 25.7. The third-order valence-corrected chi connectivity index (χ3v) is 8.08. The minimum absolute atomic E-state index is 0.531. The lowest BCUT2D eigenvalue weighted by molar-refractivity contribution is 0.0114. The van der Waals surface area contributed by atoms with Gasteiger partial charge in [0.25, 0.3) is 0 Å². The van der Waals surface area contributed by atoms with Crippen LogP contribution in [-0.2, 0) is 4.74 Å². The number of piperidine rings is 1. The number of fused-ring (bicyclic) bond motifs is 1. The second-order valence-electron chi connectivity index (χ2n) is 9.55. The number of thiophene rings is 1. The largest absolute Gasteiger partial charge is 0.493 e. The van der Waals surface area contributed by atoms with Crippen LogP contribution >= 0.6 is 11.3 Å². The van der Waals surface area contributed by atoms with Crippen molar-refractivity contribution in [2.24, 2.45) is 0 Å². The van der Waals surface area contributed by atoms with Gasteiger partial charge in [-0.2, -0.15) is 21.3 Å². The molecule has 39 heavy (non-hydrogen) atoms. The number of rotatable bonds is 8. The second-order valence-corrected chi connectivity index (χ2v) is 10.3. The Kier molecular flexibility index (Phi) is 7.40. The average molecular weight is 552 g/mol. The topological polar surface area (TPSA) is 99.0 Å². The van der Waals surface area contributed by atoms with Crippen molar-refractivity contribution in [3.8, 4) is 22.9 Å². The second kappa shape index (κ2) is 11.2. The first-order valence-electron chi connectivity index (χ1n) is 13.1. The molecule has 1 aromatic carbocycles. The van der Waals surface area contributed by atoms with Crippen LogP contribution in [0.15, 0.2) is 35.3 Å². The highest BCUT2D eigenvalue weighted by Crippen LogP contribution is 2.41. The summed E-state index contributed by atoms with van der Waals surface area (Å²) in [5.41, 5.74) is 3.20. The Hall–Kier alpha value is -3.61. The highest BCUT2D eigenvalue weighted by molar-refractivity contribution is 7.08. The van der Waals surface area contributed by atoms with Gasteiger partial charge in [0.05, 0.1) is 40.2 Å². The van der Waals surface area contributed by atoms with Crippen LogP contribution in [0, 0.1) is 0 Å². The van der Waals surface area contributed by atoms with Gasteiger partial charge in [-0.05, 0) is 24.3 Å². The van der Waals surface area contributed by atoms with Gasteiger partial charge in [-0.25, -0.2) is 4.98 Å². The Morgan fingerprint density at radius 2 is 1.72 bits per heavy atom. The van der Waals surface area contributed by atoms with Crippen molar-refractivity contribution < 1.29 is 18.9 Å². The number of nitrogens with one attached hydrogen (secondary N) is 1. The zero-order valence-corrected chi connectivity index (χ0v) is 23.2. The van der Waals surface area contributed by atoms with Gasteiger partial charge < -0.3 is 29.2 Å². The highest BCUT2D eigenvalue weighted by atomic mass is 32.1. The number of nitrogens with zero attached hydrogens (tertiary/aromatic N) is 6. The van der Waals surface area contributed by atoms with E-state index in [2.05, 4.69) is 31.9 Å². The Labute approximate surface area is 231 Å². The molecule has 6 rings (SSSR count). The van der Waals surface area contributed by atoms with Gasteiger partial charge in [0.1, 0.15) is 6.33 Å². The lowest BCUT2D eigenvalue weighted by Crippen LogP contribution is -2.49. The van der Waals surface area contributed by atoms with Crippen LogP contribution in [0.25, 0.3) is 16.9 Å². The maximum absolute atomic E-state index is 5.56. The molecular weight excluding hydrogens is 518 g/mol. The monoisotopic (exact) mass is 551 g/mol. The summed E-state index contributed by atoms with van der Waals surface area (Å²) in [6, 6.07) is 6.35. The number of anilines is 3. The molecule has 0 spiro atoms. The van der Waals surface area contributed by atoms with E-state index >= 15 is 0 Å². The SMILES string of the molecule is COc1cc(Nc2nc(N3CCC(N4CCOCC4)CC3)nc3c2ncn3-c2ccsc2)cc(OC)c1OC. The molecular formula is C27H33N7O4S. The van der Waals surface area contributed by atoms with Crippen LogP contribution in [0.3, 0.4) is 0 Å². The molecule has 0 bridgehead atoms. The van der Waals surface area contributed by atoms with Crippen LogP contribution in [0.2, 0.25) is 0 Å². The molecule has 0 radical (unpaired) electrons. The maximum atomic E-state index is 5.56. The summed E-state index contributed by atoms with van der Waals surface area (Å²) in [4.78, 5) is 19.6. The molecule has 0 saturated carbocycles. The molecule has 2 aliphatic rings. The van der Waals surface area contributed by atoms with E-state index in [1.807, 2.05) is 16.7 Å². The summed E-state index contributed by atoms with van der Waals surface area (Å²) in [7, 11) is 4.79. The van der Waals surface area contributed by atoms with E-state index in [1.54, 1.807) is 39.0 Å². The third-order valence-electron chi connectivity index (χ3n) is 7.41. The van der Waals surface area contributed by atoms with Crippen LogP contribution in [0.1, 0.15) is 12.8 Å². The molecule has 2 aliphatic heterocycles. The molecule has 0 amide bonds. The van der Waals surface area contributed by atoms with Gasteiger partial charge in [0.2, 0.25) is 11.7 Å². The quantitative estimate of drug-likeness (QED) is 0.347. The standard InChI is InChI=1S/C27H33N7O4S/c1-35-21-14-18(15-22(36-2)24(21)37-3)29-25-23-26(34(17-28-23)20-6-13-39-16-20)31-27(30-25)33-7-4-19(5-8-33)32-9-11-38-12-10-32/h6,13-17,19H,4-5,7-12H2,1-3H3,(H,29,30,31). The molecule has 206 valence electrons. The average Bonchev–Trinajstić information content (AvgIpc) is 3.67. The minimum atomic E-state index is 0.531. The molecule has 3 aromatic heterocycles. The van der Waals surface area contributed by atoms with Crippen molar-refractivity contribution in [3.63, 3.8) is 0 Å². The van der Waals surface area contributed by atoms with E-state index in [0.717, 1.165) is 69.3 Å². The number of methoxy groups -OCH3 is 3. The minimum Gasteiger partial charge on any atom is -0.493 e. The fraction of sp³-hybridized carbons (Fsp3) is 0.444. The molecule has 4 aromatic rings. The van der Waals surface area contributed by atoms with E-state index in [0.29, 0.717) is 40.6 Å². The predicted molar refractivity (Wildman–Crippen MR) is 152 cm³/mol. The Morgan fingerprint density at radius 3 is 2.36 bits per heavy atom. The fourth-order valence-electron chi connectivity index (χ4n) is 5.36. The van der Waals surface area contributed by atoms with Gasteiger partial charge in [-0.15, -0.1) is 0 Å². The maximum Gasteiger partial charge on any atom is 0.229 e. The van der Waals surface area contributed by atoms with Crippen molar-refractivity contribution >= 4 is 40.0 Å². The van der Waals surface area contributed by atoms with Crippen molar-refractivity contribution in [2.45, 2.75) is 18.9 Å². The predicted octanol–water partition coefficient (Wildman–Crippen LogP) is 3.95.